The van der Waals surface area contributed by atoms with E-state index in [9.17, 15) is 23.7 Å². The highest BCUT2D eigenvalue weighted by Crippen LogP contribution is 2.46. The fourth-order valence-corrected chi connectivity index (χ4v) is 8.76. The fraction of sp³-hybridized carbons (Fsp3) is 0.309. The van der Waals surface area contributed by atoms with Crippen molar-refractivity contribution >= 4 is 43.6 Å². The fourth-order valence-electron chi connectivity index (χ4n) is 8.76. The van der Waals surface area contributed by atoms with Crippen LogP contribution in [-0.4, -0.2) is 9.13 Å². The number of nitriles is 2. The summed E-state index contributed by atoms with van der Waals surface area (Å²) in [5, 5.41) is 25.1. The average Bonchev–Trinajstić information content (AvgIpc) is 3.69. The first-order chi connectivity index (χ1) is 28.8. The van der Waals surface area contributed by atoms with Gasteiger partial charge in [0.25, 0.3) is 0 Å². The second kappa shape index (κ2) is 14.1. The predicted molar refractivity (Wildman–Crippen MR) is 250 cm³/mol. The highest BCUT2D eigenvalue weighted by Gasteiger charge is 2.33. The number of fused-ring (bicyclic) bond motifs is 6. The molecule has 0 saturated carbocycles. The third-order valence-corrected chi connectivity index (χ3v) is 12.4. The van der Waals surface area contributed by atoms with Crippen molar-refractivity contribution in [2.75, 3.05) is 0 Å². The molecule has 0 aliphatic carbocycles. The standard InChI is InChI=1S/C55H53F3N4/c1-51(2,3)35-13-17-44-40(26-35)41-27-36(52(4,5)6)14-18-45(41)61(44)48-23-33(31-60)24-49(50(48)34-21-32(30-59)22-39(25-34)55(56,57)58)62-46-19-15-37(53(7,8)9)28-42(46)43-29-38(54(10,11)12)16-20-47(43)62/h13-29H,1-12H3. The zero-order valence-corrected chi connectivity index (χ0v) is 37.7. The third-order valence-electron chi connectivity index (χ3n) is 12.4. The van der Waals surface area contributed by atoms with Gasteiger partial charge in [-0.3, -0.25) is 0 Å². The molecule has 0 radical (unpaired) electrons. The lowest BCUT2D eigenvalue weighted by atomic mass is 9.85. The Balaban J connectivity index is 1.62. The van der Waals surface area contributed by atoms with Crippen molar-refractivity contribution in [2.24, 2.45) is 0 Å². The van der Waals surface area contributed by atoms with Crippen LogP contribution in [0.1, 0.15) is 122 Å². The number of hydrogen-bond acceptors (Lipinski definition) is 2. The van der Waals surface area contributed by atoms with Crippen LogP contribution in [0.15, 0.2) is 103 Å². The van der Waals surface area contributed by atoms with Gasteiger partial charge < -0.3 is 9.13 Å². The zero-order chi connectivity index (χ0) is 45.1. The van der Waals surface area contributed by atoms with E-state index >= 15 is 0 Å². The van der Waals surface area contributed by atoms with E-state index < -0.39 is 11.7 Å². The molecule has 4 nitrogen and oxygen atoms in total. The minimum atomic E-state index is -4.73. The van der Waals surface area contributed by atoms with E-state index in [0.29, 0.717) is 22.5 Å². The highest BCUT2D eigenvalue weighted by molar-refractivity contribution is 6.12. The normalized spacial score (nSPS) is 13.0. The van der Waals surface area contributed by atoms with Gasteiger partial charge in [0.05, 0.1) is 62.3 Å². The Bertz CT molecular complexity index is 2910. The lowest BCUT2D eigenvalue weighted by Crippen LogP contribution is -2.11. The molecule has 0 saturated heterocycles. The van der Waals surface area contributed by atoms with Crippen molar-refractivity contribution in [3.05, 3.63) is 142 Å². The number of benzene rings is 6. The van der Waals surface area contributed by atoms with Crippen molar-refractivity contribution in [3.63, 3.8) is 0 Å². The largest absolute Gasteiger partial charge is 0.416 e. The first kappa shape index (κ1) is 42.4. The molecule has 0 aliphatic heterocycles. The van der Waals surface area contributed by atoms with Crippen LogP contribution in [0, 0.1) is 22.7 Å². The molecular weight excluding hydrogens is 774 g/mol. The minimum absolute atomic E-state index is 0.116. The van der Waals surface area contributed by atoms with Crippen LogP contribution >= 0.6 is 0 Å². The molecule has 6 aromatic carbocycles. The Kier molecular flexibility index (Phi) is 9.65. The molecule has 0 unspecified atom stereocenters. The van der Waals surface area contributed by atoms with Crippen LogP contribution in [0.25, 0.3) is 66.1 Å². The maximum atomic E-state index is 14.9. The van der Waals surface area contributed by atoms with Crippen molar-refractivity contribution in [1.29, 1.82) is 10.5 Å². The predicted octanol–water partition coefficient (Wildman–Crippen LogP) is 15.5. The molecule has 0 aliphatic rings. The van der Waals surface area contributed by atoms with Gasteiger partial charge >= 0.3 is 6.18 Å². The number of hydrogen-bond donors (Lipinski definition) is 0. The number of rotatable bonds is 3. The van der Waals surface area contributed by atoms with E-state index in [1.807, 2.05) is 6.07 Å². The Morgan fingerprint density at radius 2 is 0.694 bits per heavy atom. The number of alkyl halides is 3. The molecule has 0 amide bonds. The van der Waals surface area contributed by atoms with Gasteiger partial charge in [-0.05, 0) is 128 Å². The van der Waals surface area contributed by atoms with Crippen LogP contribution in [0.5, 0.6) is 0 Å². The van der Waals surface area contributed by atoms with Crippen LogP contribution in [0.4, 0.5) is 13.2 Å². The molecular formula is C55H53F3N4. The second-order valence-electron chi connectivity index (χ2n) is 21.0. The lowest BCUT2D eigenvalue weighted by Gasteiger charge is -2.23. The summed E-state index contributed by atoms with van der Waals surface area (Å²) in [7, 11) is 0. The third kappa shape index (κ3) is 7.22. The van der Waals surface area contributed by atoms with E-state index in [-0.39, 0.29) is 32.8 Å². The average molecular weight is 827 g/mol. The van der Waals surface area contributed by atoms with Crippen molar-refractivity contribution in [2.45, 2.75) is 111 Å². The maximum Gasteiger partial charge on any atom is 0.416 e. The summed E-state index contributed by atoms with van der Waals surface area (Å²) >= 11 is 0. The maximum absolute atomic E-state index is 14.9. The Hall–Kier alpha value is -6.31. The van der Waals surface area contributed by atoms with E-state index in [1.54, 1.807) is 12.1 Å². The lowest BCUT2D eigenvalue weighted by molar-refractivity contribution is -0.137. The summed E-state index contributed by atoms with van der Waals surface area (Å²) in [4.78, 5) is 0. The molecule has 8 rings (SSSR count). The summed E-state index contributed by atoms with van der Waals surface area (Å²) in [5.74, 6) is 0. The van der Waals surface area contributed by atoms with E-state index in [0.717, 1.165) is 78.0 Å². The van der Waals surface area contributed by atoms with Crippen LogP contribution in [0.2, 0.25) is 0 Å². The Labute approximate surface area is 362 Å². The van der Waals surface area contributed by atoms with Crippen LogP contribution < -0.4 is 0 Å². The SMILES string of the molecule is CC(C)(C)c1ccc2c(c1)c1cc(C(C)(C)C)ccc1n2-c1cc(C#N)cc(-n2c3ccc(C(C)(C)C)cc3c3cc(C(C)(C)C)ccc32)c1-c1cc(C#N)cc(C(F)(F)F)c1. The monoisotopic (exact) mass is 826 g/mol. The molecule has 314 valence electrons. The second-order valence-corrected chi connectivity index (χ2v) is 21.0. The van der Waals surface area contributed by atoms with Gasteiger partial charge in [-0.1, -0.05) is 107 Å². The van der Waals surface area contributed by atoms with Gasteiger partial charge in [0.2, 0.25) is 0 Å². The van der Waals surface area contributed by atoms with Gasteiger partial charge in [0, 0.05) is 27.1 Å². The summed E-state index contributed by atoms with van der Waals surface area (Å²) in [5.41, 5.74) is 8.35. The Morgan fingerprint density at radius 3 is 0.968 bits per heavy atom. The molecule has 0 fully saturated rings. The molecule has 62 heavy (non-hydrogen) atoms. The van der Waals surface area contributed by atoms with Gasteiger partial charge in [-0.2, -0.15) is 23.7 Å². The highest BCUT2D eigenvalue weighted by atomic mass is 19.4. The van der Waals surface area contributed by atoms with Crippen LogP contribution in [-0.2, 0) is 27.8 Å². The quantitative estimate of drug-likeness (QED) is 0.178. The first-order valence-corrected chi connectivity index (χ1v) is 21.2. The van der Waals surface area contributed by atoms with Crippen LogP contribution in [0.3, 0.4) is 0 Å². The summed E-state index contributed by atoms with van der Waals surface area (Å²) < 4.78 is 48.8. The summed E-state index contributed by atoms with van der Waals surface area (Å²) in [6.45, 7) is 26.1. The van der Waals surface area contributed by atoms with Gasteiger partial charge in [-0.25, -0.2) is 0 Å². The summed E-state index contributed by atoms with van der Waals surface area (Å²) in [6, 6.07) is 37.3. The number of halogens is 3. The molecule has 2 aromatic heterocycles. The van der Waals surface area contributed by atoms with Crippen molar-refractivity contribution < 1.29 is 13.2 Å². The molecule has 0 spiro atoms. The molecule has 0 atom stereocenters. The number of nitrogens with zero attached hydrogens (tertiary/aromatic N) is 4. The topological polar surface area (TPSA) is 57.4 Å². The van der Waals surface area contributed by atoms with Gasteiger partial charge in [0.15, 0.2) is 0 Å². The van der Waals surface area contributed by atoms with E-state index in [4.69, 9.17) is 0 Å². The molecule has 8 aromatic rings. The van der Waals surface area contributed by atoms with E-state index in [1.165, 1.54) is 6.07 Å². The first-order valence-electron chi connectivity index (χ1n) is 21.2. The van der Waals surface area contributed by atoms with Crippen molar-refractivity contribution in [1.82, 2.24) is 9.13 Å². The summed E-state index contributed by atoms with van der Waals surface area (Å²) in [6.07, 6.45) is -4.73. The Morgan fingerprint density at radius 1 is 0.387 bits per heavy atom. The zero-order valence-electron chi connectivity index (χ0n) is 37.7. The molecule has 2 heterocycles. The molecule has 7 heteroatoms. The van der Waals surface area contributed by atoms with E-state index in [2.05, 4.69) is 171 Å². The van der Waals surface area contributed by atoms with Gasteiger partial charge in [-0.15, -0.1) is 0 Å². The minimum Gasteiger partial charge on any atom is -0.308 e. The number of aromatic nitrogens is 2. The van der Waals surface area contributed by atoms with Crippen molar-refractivity contribution in [3.8, 4) is 34.6 Å². The molecule has 0 bridgehead atoms. The van der Waals surface area contributed by atoms with Gasteiger partial charge in [0.1, 0.15) is 0 Å². The smallest absolute Gasteiger partial charge is 0.308 e. The molecule has 0 N–H and O–H groups in total.